The highest BCUT2D eigenvalue weighted by atomic mass is 35.5. The van der Waals surface area contributed by atoms with E-state index in [1.54, 1.807) is 0 Å². The summed E-state index contributed by atoms with van der Waals surface area (Å²) < 4.78 is 26.3. The zero-order valence-corrected chi connectivity index (χ0v) is 15.8. The Kier molecular flexibility index (Phi) is 6.62. The summed E-state index contributed by atoms with van der Waals surface area (Å²) in [5, 5.41) is 5.48. The summed E-state index contributed by atoms with van der Waals surface area (Å²) in [6.45, 7) is 0.722. The molecule has 1 aliphatic heterocycles. The molecular weight excluding hydrogens is 380 g/mol. The highest BCUT2D eigenvalue weighted by Crippen LogP contribution is 2.32. The first-order chi connectivity index (χ1) is 11.9. The van der Waals surface area contributed by atoms with Crippen molar-refractivity contribution in [1.82, 2.24) is 14.9 Å². The molecular formula is C16H23ClN4O4S. The first kappa shape index (κ1) is 20.6. The van der Waals surface area contributed by atoms with E-state index in [9.17, 15) is 18.0 Å². The summed E-state index contributed by atoms with van der Waals surface area (Å²) in [7, 11) is -3.75. The van der Waals surface area contributed by atoms with Gasteiger partial charge in [-0.2, -0.15) is 4.31 Å². The van der Waals surface area contributed by atoms with Crippen LogP contribution in [-0.2, 0) is 14.8 Å². The lowest BCUT2D eigenvalue weighted by Crippen LogP contribution is -2.49. The molecule has 1 atom stereocenters. The van der Waals surface area contributed by atoms with Gasteiger partial charge in [0.1, 0.15) is 0 Å². The van der Waals surface area contributed by atoms with Crippen LogP contribution in [0.1, 0.15) is 23.2 Å². The van der Waals surface area contributed by atoms with Crippen LogP contribution in [0.3, 0.4) is 0 Å². The number of carbonyl (C=O) groups is 2. The Balaban J connectivity index is 0.00000243. The smallest absolute Gasteiger partial charge is 0.251 e. The molecule has 10 heteroatoms. The van der Waals surface area contributed by atoms with Crippen molar-refractivity contribution in [3.8, 4) is 0 Å². The molecule has 2 amide bonds. The van der Waals surface area contributed by atoms with E-state index in [2.05, 4.69) is 10.6 Å². The van der Waals surface area contributed by atoms with Gasteiger partial charge in [0.25, 0.3) is 5.91 Å². The van der Waals surface area contributed by atoms with Crippen LogP contribution in [0, 0.1) is 5.92 Å². The number of nitrogens with zero attached hydrogens (tertiary/aromatic N) is 1. The molecule has 144 valence electrons. The Morgan fingerprint density at radius 2 is 1.96 bits per heavy atom. The number of nitrogens with two attached hydrogens (primary N) is 1. The molecule has 26 heavy (non-hydrogen) atoms. The van der Waals surface area contributed by atoms with Gasteiger partial charge < -0.3 is 16.4 Å². The molecule has 1 aromatic carbocycles. The summed E-state index contributed by atoms with van der Waals surface area (Å²) in [4.78, 5) is 23.7. The maximum atomic E-state index is 12.6. The number of hydrogen-bond donors (Lipinski definition) is 3. The summed E-state index contributed by atoms with van der Waals surface area (Å²) in [6.07, 6.45) is 2.14. The molecule has 0 spiro atoms. The van der Waals surface area contributed by atoms with Crippen LogP contribution in [0.4, 0.5) is 0 Å². The normalized spacial score (nSPS) is 19.2. The van der Waals surface area contributed by atoms with E-state index in [0.29, 0.717) is 24.6 Å². The van der Waals surface area contributed by atoms with E-state index in [-0.39, 0.29) is 48.2 Å². The van der Waals surface area contributed by atoms with Gasteiger partial charge in [-0.25, -0.2) is 8.42 Å². The number of halogens is 1. The monoisotopic (exact) mass is 402 g/mol. The first-order valence-electron chi connectivity index (χ1n) is 8.29. The number of sulfonamides is 1. The van der Waals surface area contributed by atoms with Crippen molar-refractivity contribution in [2.45, 2.75) is 23.8 Å². The largest absolute Gasteiger partial charge is 0.354 e. The standard InChI is InChI=1S/C16H22N4O4S.ClH/c17-9-14(11-1-2-11)19-16(22)12-3-5-13(6-4-12)25(23,24)20-8-7-18-15(21)10-20;/h3-6,11,14H,1-2,7-10,17H2,(H,18,21)(H,19,22);1H. The number of rotatable bonds is 6. The Labute approximate surface area is 159 Å². The predicted octanol–water partition coefficient (Wildman–Crippen LogP) is -0.304. The minimum atomic E-state index is -3.75. The van der Waals surface area contributed by atoms with Gasteiger partial charge in [-0.15, -0.1) is 12.4 Å². The quantitative estimate of drug-likeness (QED) is 0.602. The minimum Gasteiger partial charge on any atom is -0.354 e. The summed E-state index contributed by atoms with van der Waals surface area (Å²) in [6, 6.07) is 5.71. The second-order valence-corrected chi connectivity index (χ2v) is 8.30. The van der Waals surface area contributed by atoms with Gasteiger partial charge in [-0.05, 0) is 43.0 Å². The van der Waals surface area contributed by atoms with Gasteiger partial charge in [-0.1, -0.05) is 0 Å². The number of carbonyl (C=O) groups excluding carboxylic acids is 2. The number of amides is 2. The first-order valence-corrected chi connectivity index (χ1v) is 9.73. The Bertz CT molecular complexity index is 765. The van der Waals surface area contributed by atoms with Gasteiger partial charge in [-0.3, -0.25) is 9.59 Å². The molecule has 2 aliphatic rings. The second kappa shape index (κ2) is 8.34. The van der Waals surface area contributed by atoms with Crippen LogP contribution < -0.4 is 16.4 Å². The predicted molar refractivity (Wildman–Crippen MR) is 98.5 cm³/mol. The lowest BCUT2D eigenvalue weighted by atomic mass is 10.1. The van der Waals surface area contributed by atoms with E-state index < -0.39 is 10.0 Å². The lowest BCUT2D eigenvalue weighted by molar-refractivity contribution is -0.122. The molecule has 0 aromatic heterocycles. The molecule has 3 rings (SSSR count). The molecule has 8 nitrogen and oxygen atoms in total. The number of hydrogen-bond acceptors (Lipinski definition) is 5. The molecule has 0 bridgehead atoms. The average Bonchev–Trinajstić information content (AvgIpc) is 3.44. The van der Waals surface area contributed by atoms with E-state index in [0.717, 1.165) is 17.1 Å². The molecule has 0 radical (unpaired) electrons. The molecule has 1 unspecified atom stereocenters. The number of nitrogens with one attached hydrogen (secondary N) is 2. The van der Waals surface area contributed by atoms with Crippen LogP contribution in [0.15, 0.2) is 29.2 Å². The summed E-state index contributed by atoms with van der Waals surface area (Å²) >= 11 is 0. The van der Waals surface area contributed by atoms with Crippen LogP contribution in [0.5, 0.6) is 0 Å². The van der Waals surface area contributed by atoms with Crippen molar-refractivity contribution in [3.05, 3.63) is 29.8 Å². The van der Waals surface area contributed by atoms with E-state index in [1.165, 1.54) is 24.3 Å². The zero-order chi connectivity index (χ0) is 18.0. The Morgan fingerprint density at radius 3 is 2.50 bits per heavy atom. The number of benzene rings is 1. The van der Waals surface area contributed by atoms with E-state index >= 15 is 0 Å². The molecule has 1 saturated carbocycles. The Morgan fingerprint density at radius 1 is 1.31 bits per heavy atom. The van der Waals surface area contributed by atoms with Gasteiger partial charge >= 0.3 is 0 Å². The van der Waals surface area contributed by atoms with Gasteiger partial charge in [0.2, 0.25) is 15.9 Å². The van der Waals surface area contributed by atoms with E-state index in [4.69, 9.17) is 5.73 Å². The van der Waals surface area contributed by atoms with Crippen LogP contribution in [0.2, 0.25) is 0 Å². The van der Waals surface area contributed by atoms with Crippen molar-refractivity contribution in [2.75, 3.05) is 26.2 Å². The fourth-order valence-corrected chi connectivity index (χ4v) is 4.26. The maximum Gasteiger partial charge on any atom is 0.251 e. The zero-order valence-electron chi connectivity index (χ0n) is 14.2. The molecule has 1 saturated heterocycles. The molecule has 1 aromatic rings. The minimum absolute atomic E-state index is 0. The molecule has 1 aliphatic carbocycles. The molecule has 4 N–H and O–H groups in total. The second-order valence-electron chi connectivity index (χ2n) is 6.37. The summed E-state index contributed by atoms with van der Waals surface area (Å²) in [5.74, 6) is -0.138. The SMILES string of the molecule is Cl.NCC(NC(=O)c1ccc(S(=O)(=O)N2CCNC(=O)C2)cc1)C1CC1. The van der Waals surface area contributed by atoms with Gasteiger partial charge in [0.05, 0.1) is 11.4 Å². The molecule has 2 fully saturated rings. The van der Waals surface area contributed by atoms with Crippen molar-refractivity contribution < 1.29 is 18.0 Å². The van der Waals surface area contributed by atoms with Crippen LogP contribution in [-0.4, -0.2) is 56.8 Å². The van der Waals surface area contributed by atoms with Gasteiger partial charge in [0.15, 0.2) is 0 Å². The van der Waals surface area contributed by atoms with Crippen LogP contribution in [0.25, 0.3) is 0 Å². The fraction of sp³-hybridized carbons (Fsp3) is 0.500. The average molecular weight is 403 g/mol. The highest BCUT2D eigenvalue weighted by Gasteiger charge is 2.32. The van der Waals surface area contributed by atoms with Crippen molar-refractivity contribution in [3.63, 3.8) is 0 Å². The number of piperazine rings is 1. The van der Waals surface area contributed by atoms with Crippen molar-refractivity contribution >= 4 is 34.2 Å². The third-order valence-corrected chi connectivity index (χ3v) is 6.38. The lowest BCUT2D eigenvalue weighted by Gasteiger charge is -2.25. The summed E-state index contributed by atoms with van der Waals surface area (Å²) in [5.41, 5.74) is 6.07. The van der Waals surface area contributed by atoms with Crippen molar-refractivity contribution in [1.29, 1.82) is 0 Å². The third-order valence-electron chi connectivity index (χ3n) is 4.52. The van der Waals surface area contributed by atoms with Gasteiger partial charge in [0, 0.05) is 31.2 Å². The third kappa shape index (κ3) is 4.53. The molecule has 1 heterocycles. The van der Waals surface area contributed by atoms with Crippen molar-refractivity contribution in [2.24, 2.45) is 11.7 Å². The van der Waals surface area contributed by atoms with Crippen LogP contribution >= 0.6 is 12.4 Å². The fourth-order valence-electron chi connectivity index (χ4n) is 2.87. The maximum absolute atomic E-state index is 12.6. The van der Waals surface area contributed by atoms with E-state index in [1.807, 2.05) is 0 Å². The highest BCUT2D eigenvalue weighted by molar-refractivity contribution is 7.89. The Hall–Kier alpha value is -1.68. The topological polar surface area (TPSA) is 122 Å².